The van der Waals surface area contributed by atoms with E-state index < -0.39 is 8.56 Å². The second-order valence-electron chi connectivity index (χ2n) is 8.98. The van der Waals surface area contributed by atoms with Crippen LogP contribution in [0.1, 0.15) is 64.2 Å². The quantitative estimate of drug-likeness (QED) is 0.542. The summed E-state index contributed by atoms with van der Waals surface area (Å²) in [4.78, 5) is 0. The molecule has 2 fully saturated rings. The molecule has 0 bridgehead atoms. The van der Waals surface area contributed by atoms with Gasteiger partial charge in [-0.3, -0.25) is 0 Å². The Bertz CT molecular complexity index is 643. The summed E-state index contributed by atoms with van der Waals surface area (Å²) in [7, 11) is -2.72. The highest BCUT2D eigenvalue weighted by Crippen LogP contribution is 2.27. The van der Waals surface area contributed by atoms with Gasteiger partial charge in [-0.2, -0.15) is 0 Å². The number of hydrogen-bond acceptors (Lipinski definition) is 2. The Kier molecular flexibility index (Phi) is 7.59. The smallest absolute Gasteiger partial charge is 0.387 e. The van der Waals surface area contributed by atoms with E-state index in [-0.39, 0.29) is 0 Å². The Hall–Kier alpha value is -1.42. The fourth-order valence-corrected chi connectivity index (χ4v) is 8.32. The molecule has 2 aromatic rings. The van der Waals surface area contributed by atoms with E-state index >= 15 is 0 Å². The lowest BCUT2D eigenvalue weighted by Gasteiger charge is -2.35. The molecule has 0 unspecified atom stereocenters. The van der Waals surface area contributed by atoms with Crippen LogP contribution < -0.4 is 10.4 Å². The topological polar surface area (TPSA) is 18.5 Å². The van der Waals surface area contributed by atoms with Crippen LogP contribution in [0, 0.1) is 11.8 Å². The first-order chi connectivity index (χ1) is 14.4. The molecular weight excluding hydrogens is 372 g/mol. The molecule has 0 heterocycles. The molecule has 0 saturated heterocycles. The maximum absolute atomic E-state index is 6.95. The highest BCUT2D eigenvalue weighted by Gasteiger charge is 2.43. The highest BCUT2D eigenvalue weighted by molar-refractivity contribution is 6.92. The normalized spacial score (nSPS) is 19.3. The summed E-state index contributed by atoms with van der Waals surface area (Å²) in [6.07, 6.45) is 13.4. The fraction of sp³-hybridized carbons (Fsp3) is 0.538. The van der Waals surface area contributed by atoms with Crippen LogP contribution in [0.4, 0.5) is 0 Å². The summed E-state index contributed by atoms with van der Waals surface area (Å²) in [5, 5.41) is 2.50. The van der Waals surface area contributed by atoms with E-state index in [0.717, 1.165) is 13.2 Å². The first-order valence-corrected chi connectivity index (χ1v) is 13.6. The monoisotopic (exact) mass is 408 g/mol. The average Bonchev–Trinajstić information content (AvgIpc) is 2.82. The first kappa shape index (κ1) is 20.8. The van der Waals surface area contributed by atoms with Crippen LogP contribution in [0.15, 0.2) is 60.7 Å². The molecule has 0 radical (unpaired) electrons. The molecule has 2 saturated carbocycles. The third-order valence-electron chi connectivity index (χ3n) is 6.80. The molecule has 4 rings (SSSR count). The van der Waals surface area contributed by atoms with Gasteiger partial charge < -0.3 is 8.85 Å². The summed E-state index contributed by atoms with van der Waals surface area (Å²) in [6, 6.07) is 21.6. The van der Waals surface area contributed by atoms with E-state index in [9.17, 15) is 0 Å². The van der Waals surface area contributed by atoms with Crippen molar-refractivity contribution in [2.24, 2.45) is 11.8 Å². The highest BCUT2D eigenvalue weighted by atomic mass is 28.4. The van der Waals surface area contributed by atoms with Gasteiger partial charge in [0.05, 0.1) is 0 Å². The van der Waals surface area contributed by atoms with Crippen molar-refractivity contribution < 1.29 is 8.85 Å². The van der Waals surface area contributed by atoms with E-state index in [1.165, 1.54) is 74.6 Å². The van der Waals surface area contributed by atoms with Crippen LogP contribution in [-0.4, -0.2) is 21.8 Å². The van der Waals surface area contributed by atoms with Gasteiger partial charge in [0, 0.05) is 13.2 Å². The maximum Gasteiger partial charge on any atom is 0.407 e. The summed E-state index contributed by atoms with van der Waals surface area (Å²) in [6.45, 7) is 1.67. The van der Waals surface area contributed by atoms with Crippen LogP contribution >= 0.6 is 0 Å². The van der Waals surface area contributed by atoms with Crippen molar-refractivity contribution in [3.8, 4) is 0 Å². The fourth-order valence-electron chi connectivity index (χ4n) is 5.03. The lowest BCUT2D eigenvalue weighted by molar-refractivity contribution is 0.124. The number of rotatable bonds is 8. The molecule has 2 aromatic carbocycles. The van der Waals surface area contributed by atoms with Gasteiger partial charge >= 0.3 is 8.56 Å². The van der Waals surface area contributed by atoms with Crippen molar-refractivity contribution in [3.63, 3.8) is 0 Å². The lowest BCUT2D eigenvalue weighted by atomic mass is 9.90. The van der Waals surface area contributed by atoms with Crippen LogP contribution in [0.3, 0.4) is 0 Å². The Morgan fingerprint density at radius 1 is 0.552 bits per heavy atom. The van der Waals surface area contributed by atoms with E-state index in [1.807, 2.05) is 0 Å². The van der Waals surface area contributed by atoms with Gasteiger partial charge in [0.1, 0.15) is 0 Å². The largest absolute Gasteiger partial charge is 0.407 e. The van der Waals surface area contributed by atoms with Crippen molar-refractivity contribution in [1.82, 2.24) is 0 Å². The molecule has 2 aliphatic rings. The van der Waals surface area contributed by atoms with Crippen molar-refractivity contribution >= 4 is 18.9 Å². The lowest BCUT2D eigenvalue weighted by Crippen LogP contribution is -2.64. The molecular formula is C26H36O2Si. The molecule has 0 spiro atoms. The van der Waals surface area contributed by atoms with Crippen molar-refractivity contribution in [2.75, 3.05) is 13.2 Å². The third kappa shape index (κ3) is 5.39. The van der Waals surface area contributed by atoms with Gasteiger partial charge in [0.25, 0.3) is 0 Å². The summed E-state index contributed by atoms with van der Waals surface area (Å²) in [5.41, 5.74) is 0. The molecule has 2 aliphatic carbocycles. The number of hydrogen-bond donors (Lipinski definition) is 0. The molecule has 0 aliphatic heterocycles. The second kappa shape index (κ2) is 10.6. The minimum absolute atomic E-state index is 0.682. The Balaban J connectivity index is 1.61. The zero-order valence-electron chi connectivity index (χ0n) is 17.7. The van der Waals surface area contributed by atoms with Crippen molar-refractivity contribution in [3.05, 3.63) is 60.7 Å². The van der Waals surface area contributed by atoms with E-state index in [4.69, 9.17) is 8.85 Å². The second-order valence-corrected chi connectivity index (χ2v) is 11.9. The summed E-state index contributed by atoms with van der Waals surface area (Å²) < 4.78 is 13.9. The zero-order chi connectivity index (χ0) is 19.8. The average molecular weight is 409 g/mol. The Morgan fingerprint density at radius 3 is 1.31 bits per heavy atom. The molecule has 0 amide bonds. The van der Waals surface area contributed by atoms with Gasteiger partial charge in [-0.15, -0.1) is 0 Å². The number of benzene rings is 2. The predicted molar refractivity (Wildman–Crippen MR) is 123 cm³/mol. The van der Waals surface area contributed by atoms with Gasteiger partial charge in [-0.25, -0.2) is 0 Å². The van der Waals surface area contributed by atoms with Crippen LogP contribution in [0.2, 0.25) is 0 Å². The first-order valence-electron chi connectivity index (χ1n) is 11.8. The third-order valence-corrected chi connectivity index (χ3v) is 10.1. The molecule has 2 nitrogen and oxygen atoms in total. The van der Waals surface area contributed by atoms with Gasteiger partial charge in [-0.05, 0) is 47.9 Å². The standard InChI is InChI=1S/C26H36O2Si/c1-5-13-23(14-6-1)21-27-29(25-17-9-3-10-18-25,26-19-11-4-12-20-26)28-22-24-15-7-2-8-16-24/h3-4,9-12,17-20,23-24H,1-2,5-8,13-16,21-22H2. The van der Waals surface area contributed by atoms with Crippen LogP contribution in [0.25, 0.3) is 0 Å². The van der Waals surface area contributed by atoms with Crippen molar-refractivity contribution in [2.45, 2.75) is 64.2 Å². The molecule has 29 heavy (non-hydrogen) atoms. The molecule has 0 aromatic heterocycles. The van der Waals surface area contributed by atoms with Gasteiger partial charge in [0.2, 0.25) is 0 Å². The molecule has 156 valence electrons. The van der Waals surface area contributed by atoms with Gasteiger partial charge in [0.15, 0.2) is 0 Å². The Morgan fingerprint density at radius 2 is 0.931 bits per heavy atom. The minimum atomic E-state index is -2.72. The van der Waals surface area contributed by atoms with Gasteiger partial charge in [-0.1, -0.05) is 99.2 Å². The summed E-state index contributed by atoms with van der Waals surface area (Å²) >= 11 is 0. The maximum atomic E-state index is 6.95. The van der Waals surface area contributed by atoms with Crippen LogP contribution in [0.5, 0.6) is 0 Å². The van der Waals surface area contributed by atoms with Crippen LogP contribution in [-0.2, 0) is 8.85 Å². The molecule has 0 atom stereocenters. The van der Waals surface area contributed by atoms with E-state index in [0.29, 0.717) is 11.8 Å². The SMILES string of the molecule is c1ccc([Si](OCC2CCCCC2)(OCC2CCCCC2)c2ccccc2)cc1. The molecule has 0 N–H and O–H groups in total. The Labute approximate surface area is 177 Å². The molecule has 3 heteroatoms. The zero-order valence-corrected chi connectivity index (χ0v) is 18.7. The van der Waals surface area contributed by atoms with E-state index in [1.54, 1.807) is 0 Å². The predicted octanol–water partition coefficient (Wildman–Crippen LogP) is 5.44. The van der Waals surface area contributed by atoms with Crippen molar-refractivity contribution in [1.29, 1.82) is 0 Å². The summed E-state index contributed by atoms with van der Waals surface area (Å²) in [5.74, 6) is 1.36. The minimum Gasteiger partial charge on any atom is -0.387 e. The van der Waals surface area contributed by atoms with E-state index in [2.05, 4.69) is 60.7 Å².